The Labute approximate surface area is 109 Å². The minimum atomic E-state index is 0.405. The molecule has 0 amide bonds. The number of nitrogens with zero attached hydrogens (tertiary/aromatic N) is 3. The van der Waals surface area contributed by atoms with E-state index in [0.717, 1.165) is 11.3 Å². The van der Waals surface area contributed by atoms with E-state index in [1.807, 2.05) is 24.3 Å². The first-order valence-corrected chi connectivity index (χ1v) is 5.67. The Hall–Kier alpha value is -2.63. The molecule has 0 fully saturated rings. The smallest absolute Gasteiger partial charge is 0.258 e. The van der Waals surface area contributed by atoms with Crippen molar-refractivity contribution in [1.29, 1.82) is 0 Å². The highest BCUT2D eigenvalue weighted by atomic mass is 16.5. The zero-order chi connectivity index (χ0) is 13.2. The minimum absolute atomic E-state index is 0.405. The molecule has 3 aromatic rings. The van der Waals surface area contributed by atoms with Gasteiger partial charge in [0, 0.05) is 12.5 Å². The van der Waals surface area contributed by atoms with Crippen LogP contribution in [0.1, 0.15) is 5.89 Å². The molecule has 2 aromatic heterocycles. The van der Waals surface area contributed by atoms with E-state index in [-0.39, 0.29) is 0 Å². The summed E-state index contributed by atoms with van der Waals surface area (Å²) in [5, 5.41) is 3.88. The van der Waals surface area contributed by atoms with Gasteiger partial charge in [-0.05, 0) is 24.3 Å². The third-order valence-corrected chi connectivity index (χ3v) is 2.61. The van der Waals surface area contributed by atoms with Gasteiger partial charge in [-0.15, -0.1) is 0 Å². The molecule has 2 heterocycles. The first kappa shape index (κ1) is 11.5. The summed E-state index contributed by atoms with van der Waals surface area (Å²) in [6, 6.07) is 7.37. The third-order valence-electron chi connectivity index (χ3n) is 2.61. The number of aryl methyl sites for hydroxylation is 1. The monoisotopic (exact) mass is 257 g/mol. The molecule has 6 heteroatoms. The number of aromatic nitrogens is 3. The fourth-order valence-electron chi connectivity index (χ4n) is 1.64. The molecule has 1 aromatic carbocycles. The summed E-state index contributed by atoms with van der Waals surface area (Å²) >= 11 is 0. The van der Waals surface area contributed by atoms with Gasteiger partial charge in [0.15, 0.2) is 5.89 Å². The average molecular weight is 257 g/mol. The van der Waals surface area contributed by atoms with Crippen LogP contribution in [0.2, 0.25) is 0 Å². The zero-order valence-electron chi connectivity index (χ0n) is 10.5. The third kappa shape index (κ3) is 2.20. The number of oxazole rings is 1. The molecule has 0 aliphatic heterocycles. The lowest BCUT2D eigenvalue weighted by Gasteiger charge is -1.98. The molecule has 6 nitrogen and oxygen atoms in total. The van der Waals surface area contributed by atoms with Crippen LogP contribution in [0.5, 0.6) is 5.75 Å². The van der Waals surface area contributed by atoms with Gasteiger partial charge in [-0.3, -0.25) is 0 Å². The van der Waals surface area contributed by atoms with E-state index < -0.39 is 0 Å². The van der Waals surface area contributed by atoms with Crippen LogP contribution in [0.25, 0.3) is 23.0 Å². The molecule has 0 unspecified atom stereocenters. The van der Waals surface area contributed by atoms with Crippen molar-refractivity contribution < 1.29 is 13.7 Å². The van der Waals surface area contributed by atoms with E-state index in [9.17, 15) is 0 Å². The Bertz CT molecular complexity index is 685. The summed E-state index contributed by atoms with van der Waals surface area (Å²) in [7, 11) is 1.62. The van der Waals surface area contributed by atoms with Crippen LogP contribution in [-0.4, -0.2) is 22.2 Å². The lowest BCUT2D eigenvalue weighted by atomic mass is 10.2. The Morgan fingerprint density at radius 1 is 1.11 bits per heavy atom. The SMILES string of the molecule is COc1ccc(-c2nc(-c3coc(C)n3)no2)cc1. The van der Waals surface area contributed by atoms with E-state index in [1.165, 1.54) is 6.26 Å². The second-order valence-electron chi connectivity index (χ2n) is 3.90. The maximum atomic E-state index is 5.20. The summed E-state index contributed by atoms with van der Waals surface area (Å²) in [6.45, 7) is 1.76. The lowest BCUT2D eigenvalue weighted by molar-refractivity contribution is 0.414. The molecular formula is C13H11N3O3. The van der Waals surface area contributed by atoms with E-state index in [4.69, 9.17) is 13.7 Å². The van der Waals surface area contributed by atoms with E-state index in [1.54, 1.807) is 14.0 Å². The number of methoxy groups -OCH3 is 1. The molecular weight excluding hydrogens is 246 g/mol. The molecule has 96 valence electrons. The topological polar surface area (TPSA) is 74.2 Å². The van der Waals surface area contributed by atoms with Crippen LogP contribution in [0.15, 0.2) is 39.5 Å². The Morgan fingerprint density at radius 3 is 2.53 bits per heavy atom. The van der Waals surface area contributed by atoms with Crippen LogP contribution in [0, 0.1) is 6.92 Å². The Kier molecular flexibility index (Phi) is 2.75. The van der Waals surface area contributed by atoms with Crippen LogP contribution in [0.4, 0.5) is 0 Å². The van der Waals surface area contributed by atoms with Crippen LogP contribution in [0.3, 0.4) is 0 Å². The van der Waals surface area contributed by atoms with Crippen molar-refractivity contribution in [1.82, 2.24) is 15.1 Å². The maximum Gasteiger partial charge on any atom is 0.258 e. The number of hydrogen-bond donors (Lipinski definition) is 0. The summed E-state index contributed by atoms with van der Waals surface area (Å²) in [5.74, 6) is 2.17. The van der Waals surface area contributed by atoms with Gasteiger partial charge < -0.3 is 13.7 Å². The number of benzene rings is 1. The minimum Gasteiger partial charge on any atom is -0.497 e. The molecule has 0 saturated heterocycles. The highest BCUT2D eigenvalue weighted by molar-refractivity contribution is 5.57. The van der Waals surface area contributed by atoms with Gasteiger partial charge >= 0.3 is 0 Å². The fourth-order valence-corrected chi connectivity index (χ4v) is 1.64. The molecule has 0 N–H and O–H groups in total. The van der Waals surface area contributed by atoms with E-state index >= 15 is 0 Å². The Morgan fingerprint density at radius 2 is 1.89 bits per heavy atom. The molecule has 0 radical (unpaired) electrons. The Balaban J connectivity index is 1.91. The summed E-state index contributed by atoms with van der Waals surface area (Å²) in [5.41, 5.74) is 1.38. The van der Waals surface area contributed by atoms with Crippen molar-refractivity contribution in [2.24, 2.45) is 0 Å². The average Bonchev–Trinajstić information content (AvgIpc) is 3.07. The number of ether oxygens (including phenoxy) is 1. The molecule has 3 rings (SSSR count). The van der Waals surface area contributed by atoms with Crippen molar-refractivity contribution in [3.05, 3.63) is 36.4 Å². The highest BCUT2D eigenvalue weighted by Crippen LogP contribution is 2.23. The van der Waals surface area contributed by atoms with Crippen molar-refractivity contribution in [3.63, 3.8) is 0 Å². The van der Waals surface area contributed by atoms with Gasteiger partial charge in [-0.2, -0.15) is 4.98 Å². The molecule has 0 saturated carbocycles. The second-order valence-corrected chi connectivity index (χ2v) is 3.90. The quantitative estimate of drug-likeness (QED) is 0.718. The fraction of sp³-hybridized carbons (Fsp3) is 0.154. The van der Waals surface area contributed by atoms with Gasteiger partial charge in [-0.25, -0.2) is 4.98 Å². The van der Waals surface area contributed by atoms with Crippen molar-refractivity contribution >= 4 is 0 Å². The normalized spacial score (nSPS) is 10.6. The van der Waals surface area contributed by atoms with E-state index in [2.05, 4.69) is 15.1 Å². The summed E-state index contributed by atoms with van der Waals surface area (Å²) in [4.78, 5) is 8.42. The van der Waals surface area contributed by atoms with Gasteiger partial charge in [0.1, 0.15) is 17.7 Å². The lowest BCUT2D eigenvalue weighted by Crippen LogP contribution is -1.83. The molecule has 19 heavy (non-hydrogen) atoms. The summed E-state index contributed by atoms with van der Waals surface area (Å²) < 4.78 is 15.4. The maximum absolute atomic E-state index is 5.20. The predicted octanol–water partition coefficient (Wildman–Crippen LogP) is 2.71. The summed E-state index contributed by atoms with van der Waals surface area (Å²) in [6.07, 6.45) is 1.50. The predicted molar refractivity (Wildman–Crippen MR) is 66.5 cm³/mol. The first-order valence-electron chi connectivity index (χ1n) is 5.67. The molecule has 0 atom stereocenters. The first-order chi connectivity index (χ1) is 9.26. The van der Waals surface area contributed by atoms with Crippen LogP contribution < -0.4 is 4.74 Å². The van der Waals surface area contributed by atoms with Gasteiger partial charge in [0.05, 0.1) is 7.11 Å². The van der Waals surface area contributed by atoms with Gasteiger partial charge in [0.25, 0.3) is 5.89 Å². The van der Waals surface area contributed by atoms with Crippen LogP contribution >= 0.6 is 0 Å². The molecule has 0 spiro atoms. The largest absolute Gasteiger partial charge is 0.497 e. The second kappa shape index (κ2) is 4.56. The van der Waals surface area contributed by atoms with Crippen molar-refractivity contribution in [3.8, 4) is 28.7 Å². The molecule has 0 bridgehead atoms. The number of hydrogen-bond acceptors (Lipinski definition) is 6. The highest BCUT2D eigenvalue weighted by Gasteiger charge is 2.13. The van der Waals surface area contributed by atoms with Crippen molar-refractivity contribution in [2.45, 2.75) is 6.92 Å². The van der Waals surface area contributed by atoms with Crippen LogP contribution in [-0.2, 0) is 0 Å². The van der Waals surface area contributed by atoms with Gasteiger partial charge in [0.2, 0.25) is 5.82 Å². The standard InChI is InChI=1S/C13H11N3O3/c1-8-14-11(7-18-8)12-15-13(19-16-12)9-3-5-10(17-2)6-4-9/h3-7H,1-2H3. The van der Waals surface area contributed by atoms with E-state index in [0.29, 0.717) is 23.3 Å². The number of rotatable bonds is 3. The van der Waals surface area contributed by atoms with Gasteiger partial charge in [-0.1, -0.05) is 5.16 Å². The molecule has 0 aliphatic carbocycles. The van der Waals surface area contributed by atoms with Crippen molar-refractivity contribution in [2.75, 3.05) is 7.11 Å². The zero-order valence-corrected chi connectivity index (χ0v) is 10.5. The molecule has 0 aliphatic rings.